The predicted molar refractivity (Wildman–Crippen MR) is 127 cm³/mol. The molecule has 0 aliphatic carbocycles. The number of hydrogen-bond donors (Lipinski definition) is 0. The maximum atomic E-state index is 13.7. The molecule has 3 aromatic carbocycles. The molecule has 7 heteroatoms. The smallest absolute Gasteiger partial charge is 0.266 e. The molecule has 3 atom stereocenters. The van der Waals surface area contributed by atoms with E-state index in [0.717, 1.165) is 16.9 Å². The van der Waals surface area contributed by atoms with E-state index in [-0.39, 0.29) is 11.8 Å². The molecule has 2 aliphatic rings. The van der Waals surface area contributed by atoms with Crippen LogP contribution in [0.2, 0.25) is 0 Å². The standard InChI is InChI=1S/C25H22BrN3O3/c1-27(2)17-14-12-16(13-15-17)22-21-23(32-29(22)18-8-4-3-5-9-18)25(31)28(24(21)30)20-11-7-6-10-19(20)26/h3-15,21-23H,1-2H3/t21-,22+,23+/m0/s1. The van der Waals surface area contributed by atoms with E-state index in [1.807, 2.05) is 91.8 Å². The maximum Gasteiger partial charge on any atom is 0.266 e. The molecule has 162 valence electrons. The lowest BCUT2D eigenvalue weighted by Gasteiger charge is -2.29. The van der Waals surface area contributed by atoms with Crippen LogP contribution in [0.15, 0.2) is 83.3 Å². The van der Waals surface area contributed by atoms with Gasteiger partial charge in [0.25, 0.3) is 5.91 Å². The molecule has 2 fully saturated rings. The van der Waals surface area contributed by atoms with E-state index in [1.54, 1.807) is 11.1 Å². The van der Waals surface area contributed by atoms with E-state index >= 15 is 0 Å². The Labute approximate surface area is 195 Å². The van der Waals surface area contributed by atoms with Crippen molar-refractivity contribution >= 4 is 44.8 Å². The summed E-state index contributed by atoms with van der Waals surface area (Å²) in [4.78, 5) is 36.5. The first-order valence-electron chi connectivity index (χ1n) is 10.4. The molecule has 5 rings (SSSR count). The minimum atomic E-state index is -0.881. The third-order valence-electron chi connectivity index (χ3n) is 5.97. The van der Waals surface area contributed by atoms with Crippen LogP contribution in [0.1, 0.15) is 11.6 Å². The van der Waals surface area contributed by atoms with Gasteiger partial charge in [0.15, 0.2) is 6.10 Å². The SMILES string of the molecule is CN(C)c1ccc([C@@H]2[C@@H]3C(=O)N(c4ccccc4Br)C(=O)[C@@H]3ON2c2ccccc2)cc1. The van der Waals surface area contributed by atoms with Gasteiger partial charge in [-0.15, -0.1) is 0 Å². The van der Waals surface area contributed by atoms with Crippen molar-refractivity contribution in [1.82, 2.24) is 0 Å². The third-order valence-corrected chi connectivity index (χ3v) is 6.64. The second kappa shape index (κ2) is 8.07. The molecule has 0 saturated carbocycles. The quantitative estimate of drug-likeness (QED) is 0.500. The number of halogens is 1. The first-order chi connectivity index (χ1) is 15.5. The Hall–Kier alpha value is -3.16. The number of para-hydroxylation sites is 2. The number of anilines is 3. The summed E-state index contributed by atoms with van der Waals surface area (Å²) >= 11 is 3.47. The largest absolute Gasteiger partial charge is 0.378 e. The minimum Gasteiger partial charge on any atom is -0.378 e. The van der Waals surface area contributed by atoms with Crippen LogP contribution >= 0.6 is 15.9 Å². The second-order valence-electron chi connectivity index (χ2n) is 8.11. The molecule has 0 aromatic heterocycles. The van der Waals surface area contributed by atoms with Crippen molar-refractivity contribution in [3.8, 4) is 0 Å². The topological polar surface area (TPSA) is 53.1 Å². The van der Waals surface area contributed by atoms with Gasteiger partial charge in [-0.2, -0.15) is 0 Å². The van der Waals surface area contributed by atoms with Crippen LogP contribution in [-0.4, -0.2) is 32.0 Å². The number of hydroxylamine groups is 1. The van der Waals surface area contributed by atoms with Crippen molar-refractivity contribution < 1.29 is 14.4 Å². The highest BCUT2D eigenvalue weighted by molar-refractivity contribution is 9.10. The maximum absolute atomic E-state index is 13.7. The fourth-order valence-corrected chi connectivity index (χ4v) is 4.85. The molecule has 6 nitrogen and oxygen atoms in total. The zero-order chi connectivity index (χ0) is 22.4. The van der Waals surface area contributed by atoms with Crippen LogP contribution in [0, 0.1) is 5.92 Å². The van der Waals surface area contributed by atoms with Gasteiger partial charge in [0.1, 0.15) is 5.92 Å². The normalized spacial score (nSPS) is 22.4. The summed E-state index contributed by atoms with van der Waals surface area (Å²) in [6.07, 6.45) is -0.881. The van der Waals surface area contributed by atoms with Crippen molar-refractivity contribution in [2.45, 2.75) is 12.1 Å². The molecule has 32 heavy (non-hydrogen) atoms. The number of fused-ring (bicyclic) bond motifs is 1. The molecule has 2 saturated heterocycles. The van der Waals surface area contributed by atoms with Crippen LogP contribution < -0.4 is 14.9 Å². The van der Waals surface area contributed by atoms with E-state index in [0.29, 0.717) is 10.2 Å². The molecule has 0 N–H and O–H groups in total. The van der Waals surface area contributed by atoms with Crippen molar-refractivity contribution in [3.05, 3.63) is 88.9 Å². The predicted octanol–water partition coefficient (Wildman–Crippen LogP) is 4.57. The minimum absolute atomic E-state index is 0.257. The number of amides is 2. The second-order valence-corrected chi connectivity index (χ2v) is 8.96. The molecule has 0 bridgehead atoms. The Balaban J connectivity index is 1.58. The summed E-state index contributed by atoms with van der Waals surface area (Å²) in [5.74, 6) is -1.26. The first kappa shape index (κ1) is 20.7. The zero-order valence-electron chi connectivity index (χ0n) is 17.7. The number of imide groups is 1. The van der Waals surface area contributed by atoms with E-state index in [1.165, 1.54) is 4.90 Å². The number of nitrogens with zero attached hydrogens (tertiary/aromatic N) is 3. The fraction of sp³-hybridized carbons (Fsp3) is 0.200. The lowest BCUT2D eigenvalue weighted by molar-refractivity contribution is -0.126. The average Bonchev–Trinajstić information content (AvgIpc) is 3.31. The zero-order valence-corrected chi connectivity index (χ0v) is 19.3. The summed E-state index contributed by atoms with van der Waals surface area (Å²) in [5.41, 5.74) is 3.31. The summed E-state index contributed by atoms with van der Waals surface area (Å²) in [7, 11) is 3.96. The number of hydrogen-bond acceptors (Lipinski definition) is 5. The number of carbonyl (C=O) groups is 2. The van der Waals surface area contributed by atoms with Crippen LogP contribution in [0.3, 0.4) is 0 Å². The van der Waals surface area contributed by atoms with E-state index in [9.17, 15) is 9.59 Å². The lowest BCUT2D eigenvalue weighted by atomic mass is 9.90. The van der Waals surface area contributed by atoms with Crippen LogP contribution in [0.5, 0.6) is 0 Å². The van der Waals surface area contributed by atoms with Crippen molar-refractivity contribution in [2.24, 2.45) is 5.92 Å². The molecule has 2 heterocycles. The summed E-state index contributed by atoms with van der Waals surface area (Å²) in [6, 6.07) is 24.4. The van der Waals surface area contributed by atoms with Gasteiger partial charge in [0.05, 0.1) is 17.4 Å². The average molecular weight is 492 g/mol. The van der Waals surface area contributed by atoms with E-state index < -0.39 is 18.1 Å². The molecule has 0 spiro atoms. The number of benzene rings is 3. The Morgan fingerprint density at radius 1 is 0.844 bits per heavy atom. The van der Waals surface area contributed by atoms with Gasteiger partial charge in [0, 0.05) is 24.3 Å². The van der Waals surface area contributed by atoms with Gasteiger partial charge in [-0.3, -0.25) is 14.4 Å². The number of carbonyl (C=O) groups excluding carboxylic acids is 2. The molecule has 3 aromatic rings. The van der Waals surface area contributed by atoms with Crippen molar-refractivity contribution in [3.63, 3.8) is 0 Å². The Bertz CT molecular complexity index is 1170. The lowest BCUT2D eigenvalue weighted by Crippen LogP contribution is -2.37. The third kappa shape index (κ3) is 3.29. The summed E-state index contributed by atoms with van der Waals surface area (Å²) in [6.45, 7) is 0. The Kier molecular flexibility index (Phi) is 5.23. The van der Waals surface area contributed by atoms with E-state index in [2.05, 4.69) is 15.9 Å². The van der Waals surface area contributed by atoms with Crippen molar-refractivity contribution in [1.29, 1.82) is 0 Å². The molecule has 2 amide bonds. The van der Waals surface area contributed by atoms with Gasteiger partial charge in [-0.1, -0.05) is 42.5 Å². The molecular weight excluding hydrogens is 470 g/mol. The van der Waals surface area contributed by atoms with Crippen LogP contribution in [0.25, 0.3) is 0 Å². The molecule has 0 radical (unpaired) electrons. The van der Waals surface area contributed by atoms with Crippen LogP contribution in [0.4, 0.5) is 17.1 Å². The van der Waals surface area contributed by atoms with Crippen LogP contribution in [-0.2, 0) is 14.4 Å². The fourth-order valence-electron chi connectivity index (χ4n) is 4.39. The molecule has 2 aliphatic heterocycles. The summed E-state index contributed by atoms with van der Waals surface area (Å²) in [5, 5.41) is 1.72. The summed E-state index contributed by atoms with van der Waals surface area (Å²) < 4.78 is 0.688. The van der Waals surface area contributed by atoms with Gasteiger partial charge < -0.3 is 4.90 Å². The van der Waals surface area contributed by atoms with Crippen molar-refractivity contribution in [2.75, 3.05) is 29.0 Å². The molecule has 0 unspecified atom stereocenters. The number of rotatable bonds is 4. The highest BCUT2D eigenvalue weighted by atomic mass is 79.9. The molecular formula is C25H22BrN3O3. The van der Waals surface area contributed by atoms with Gasteiger partial charge in [-0.25, -0.2) is 9.96 Å². The van der Waals surface area contributed by atoms with Gasteiger partial charge >= 0.3 is 0 Å². The van der Waals surface area contributed by atoms with Gasteiger partial charge in [0.2, 0.25) is 5.91 Å². The first-order valence-corrected chi connectivity index (χ1v) is 11.2. The van der Waals surface area contributed by atoms with Gasteiger partial charge in [-0.05, 0) is 57.9 Å². The Morgan fingerprint density at radius 2 is 1.50 bits per heavy atom. The monoisotopic (exact) mass is 491 g/mol. The highest BCUT2D eigenvalue weighted by Gasteiger charge is 2.60. The van der Waals surface area contributed by atoms with E-state index in [4.69, 9.17) is 4.84 Å². The Morgan fingerprint density at radius 3 is 2.16 bits per heavy atom. The highest BCUT2D eigenvalue weighted by Crippen LogP contribution is 2.48.